The standard InChI is InChI=1S/C24H26FNO4.C22H24N2O8.C16H19ClN2.H2O/c1-15(2)26-21-6-4-3-5-20(21)24(16-7-9-17(25)10-8-16)22(26)12-11-18(27)13-19(28)14-23(29)30;1-7-8-5-4-6-9(25)11(8)16(26)12-10(7)17(27)14-15(24(2)3)18(28)13(21(23)31)20(30)22(14,32)19(12)29;1-19(2)12-10-15(16-5-3-4-11-18-16)13-6-8-14(17)9-7-13;/h3-12,15,18-19,27-28H,13-14H2,1-2H3,(H,29,30);4-7,10,14-15,17,25,27-29,32H,1-3H3,(H2,23,31);3-9,11,15H,10,12H2,1-2H3;1H2/b12-11+;;;/t18-,19-;7-,10+,14+,15-,17-,22-;;/m10../s1. The van der Waals surface area contributed by atoms with E-state index >= 15 is 0 Å². The number of hydrogen-bond acceptors (Lipinski definition) is 14. The van der Waals surface area contributed by atoms with Crippen LogP contribution in [-0.2, 0) is 14.4 Å². The van der Waals surface area contributed by atoms with Gasteiger partial charge in [-0.15, -0.1) is 0 Å². The van der Waals surface area contributed by atoms with E-state index in [1.54, 1.807) is 43.3 Å². The number of nitrogens with zero attached hydrogens (tertiary/aromatic N) is 4. The number of carbonyl (C=O) groups excluding carboxylic acids is 3. The molecule has 1 amide bonds. The molecule has 20 heteroatoms. The third-order valence-electron chi connectivity index (χ3n) is 15.2. The maximum absolute atomic E-state index is 13.5. The van der Waals surface area contributed by atoms with Crippen molar-refractivity contribution < 1.29 is 69.9 Å². The van der Waals surface area contributed by atoms with Crippen molar-refractivity contribution in [2.45, 2.75) is 87.9 Å². The molecule has 18 nitrogen and oxygen atoms in total. The predicted octanol–water partition coefficient (Wildman–Crippen LogP) is 7.27. The Labute approximate surface area is 479 Å². The topological polar surface area (TPSA) is 312 Å². The molecule has 6 aromatic rings. The second-order valence-electron chi connectivity index (χ2n) is 21.4. The molecule has 4 aromatic carbocycles. The number of para-hydroxylation sites is 1. The predicted molar refractivity (Wildman–Crippen MR) is 310 cm³/mol. The third-order valence-corrected chi connectivity index (χ3v) is 15.4. The number of halogens is 2. The zero-order valence-corrected chi connectivity index (χ0v) is 47.2. The Morgan fingerprint density at radius 3 is 2.12 bits per heavy atom. The van der Waals surface area contributed by atoms with Crippen LogP contribution in [0.5, 0.6) is 5.75 Å². The summed E-state index contributed by atoms with van der Waals surface area (Å²) < 4.78 is 15.6. The Kier molecular flexibility index (Phi) is 20.6. The highest BCUT2D eigenvalue weighted by atomic mass is 35.5. The lowest BCUT2D eigenvalue weighted by atomic mass is 9.55. The van der Waals surface area contributed by atoms with Crippen molar-refractivity contribution in [3.63, 3.8) is 0 Å². The molecule has 3 aliphatic carbocycles. The Hall–Kier alpha value is -7.59. The first-order chi connectivity index (χ1) is 38.3. The molecule has 0 spiro atoms. The molecule has 1 unspecified atom stereocenters. The Morgan fingerprint density at radius 1 is 0.890 bits per heavy atom. The van der Waals surface area contributed by atoms with E-state index in [0.717, 1.165) is 51.4 Å². The van der Waals surface area contributed by atoms with Crippen molar-refractivity contribution in [3.05, 3.63) is 183 Å². The van der Waals surface area contributed by atoms with Crippen molar-refractivity contribution in [2.75, 3.05) is 34.7 Å². The highest BCUT2D eigenvalue weighted by Gasteiger charge is 2.67. The minimum absolute atomic E-state index is 0. The molecule has 0 fully saturated rings. The van der Waals surface area contributed by atoms with Gasteiger partial charge in [-0.25, -0.2) is 4.39 Å². The van der Waals surface area contributed by atoms with Gasteiger partial charge in [-0.1, -0.05) is 85.3 Å². The van der Waals surface area contributed by atoms with E-state index < -0.39 is 100 Å². The number of phenolic OH excluding ortho intramolecular Hbond substituents is 1. The summed E-state index contributed by atoms with van der Waals surface area (Å²) in [6.45, 7) is 6.83. The fourth-order valence-electron chi connectivity index (χ4n) is 11.5. The number of carboxylic acids is 1. The van der Waals surface area contributed by atoms with Gasteiger partial charge >= 0.3 is 5.97 Å². The van der Waals surface area contributed by atoms with E-state index in [2.05, 4.69) is 60.6 Å². The van der Waals surface area contributed by atoms with Crippen LogP contribution in [0.1, 0.15) is 90.8 Å². The molecule has 0 bridgehead atoms. The molecule has 0 radical (unpaired) electrons. The average molecular weight is 1150 g/mol. The number of Topliss-reactive ketones (excluding diaryl/α,β-unsaturated/α-hetero) is 2. The average Bonchev–Trinajstić information content (AvgIpc) is 1.79. The van der Waals surface area contributed by atoms with E-state index in [9.17, 15) is 59.3 Å². The number of nitrogens with two attached hydrogens (primary N) is 1. The number of carbonyl (C=O) groups is 4. The van der Waals surface area contributed by atoms with Crippen LogP contribution in [0, 0.1) is 17.7 Å². The van der Waals surface area contributed by atoms with Crippen LogP contribution in [0.25, 0.3) is 28.1 Å². The van der Waals surface area contributed by atoms with Gasteiger partial charge in [0.1, 0.15) is 28.7 Å². The number of aliphatic carboxylic acids is 1. The van der Waals surface area contributed by atoms with E-state index in [1.165, 1.54) is 42.8 Å². The number of primary amides is 1. The minimum atomic E-state index is -2.89. The smallest absolute Gasteiger partial charge is 0.305 e. The van der Waals surface area contributed by atoms with E-state index in [1.807, 2.05) is 54.7 Å². The maximum Gasteiger partial charge on any atom is 0.305 e. The molecule has 9 rings (SSSR count). The number of likely N-dealkylation sites (N-methyl/N-ethyl adjacent to an activating group) is 1. The molecule has 0 aliphatic heterocycles. The fourth-order valence-corrected chi connectivity index (χ4v) is 11.6. The molecule has 436 valence electrons. The highest BCUT2D eigenvalue weighted by molar-refractivity contribution is 6.30. The highest BCUT2D eigenvalue weighted by Crippen LogP contribution is 2.55. The van der Waals surface area contributed by atoms with Gasteiger partial charge < -0.3 is 61.5 Å². The second kappa shape index (κ2) is 26.5. The molecule has 82 heavy (non-hydrogen) atoms. The molecule has 2 aromatic heterocycles. The lowest BCUT2D eigenvalue weighted by molar-refractivity contribution is -0.162. The van der Waals surface area contributed by atoms with E-state index in [-0.39, 0.29) is 35.1 Å². The van der Waals surface area contributed by atoms with Gasteiger partial charge in [0.25, 0.3) is 5.91 Å². The van der Waals surface area contributed by atoms with E-state index in [0.29, 0.717) is 11.5 Å². The molecule has 0 saturated heterocycles. The number of carboxylic acid groups (broad SMARTS) is 1. The summed E-state index contributed by atoms with van der Waals surface area (Å²) in [5.74, 6) is -9.97. The Bertz CT molecular complexity index is 3380. The van der Waals surface area contributed by atoms with Gasteiger partial charge in [0.2, 0.25) is 5.78 Å². The summed E-state index contributed by atoms with van der Waals surface area (Å²) in [6, 6.07) is 31.7. The second-order valence-corrected chi connectivity index (χ2v) is 21.8. The summed E-state index contributed by atoms with van der Waals surface area (Å²) in [7, 11) is 7.16. The SMILES string of the molecule is CC(C)n1c(/C=C/[C@@H](O)C[C@@H](O)CC(=O)O)c(-c2ccc(F)cc2)c2ccccc21.CN(C)CCC(c1ccc(Cl)cc1)c1ccccn1.C[C@H]1c2cccc(O)c2C(=O)C2=C(O)[C@]3(O)C(=O)C(C(N)=O)=C(O)[C@@H](N(C)C)[C@@H]3[C@@H](O)[C@@H]21.O. The first-order valence-corrected chi connectivity index (χ1v) is 26.8. The van der Waals surface area contributed by atoms with Gasteiger partial charge in [0, 0.05) is 68.9 Å². The first-order valence-electron chi connectivity index (χ1n) is 26.4. The van der Waals surface area contributed by atoms with Crippen LogP contribution >= 0.6 is 11.6 Å². The van der Waals surface area contributed by atoms with Crippen LogP contribution in [0.15, 0.2) is 144 Å². The molecular weight excluding hydrogens is 1080 g/mol. The monoisotopic (exact) mass is 1150 g/mol. The van der Waals surface area contributed by atoms with Crippen LogP contribution in [0.4, 0.5) is 4.39 Å². The molecular formula is C62H71ClFN5O13. The van der Waals surface area contributed by atoms with Crippen molar-refractivity contribution in [1.82, 2.24) is 19.4 Å². The summed E-state index contributed by atoms with van der Waals surface area (Å²) in [4.78, 5) is 57.2. The lowest BCUT2D eigenvalue weighted by Gasteiger charge is -2.53. The van der Waals surface area contributed by atoms with Crippen molar-refractivity contribution in [1.29, 1.82) is 0 Å². The van der Waals surface area contributed by atoms with Gasteiger partial charge in [-0.2, -0.15) is 0 Å². The van der Waals surface area contributed by atoms with Gasteiger partial charge in [0.15, 0.2) is 11.4 Å². The molecule has 12 N–H and O–H groups in total. The molecule has 9 atom stereocenters. The first kappa shape index (κ1) is 63.6. The number of aromatic hydroxyl groups is 1. The lowest BCUT2D eigenvalue weighted by Crippen LogP contribution is -2.68. The van der Waals surface area contributed by atoms with E-state index in [4.69, 9.17) is 22.4 Å². The Morgan fingerprint density at radius 2 is 1.54 bits per heavy atom. The van der Waals surface area contributed by atoms with Gasteiger partial charge in [-0.05, 0) is 132 Å². The molecule has 2 heterocycles. The van der Waals surface area contributed by atoms with Crippen molar-refractivity contribution in [2.24, 2.45) is 17.6 Å². The number of aliphatic hydroxyl groups excluding tert-OH is 5. The zero-order chi connectivity index (χ0) is 59.4. The van der Waals surface area contributed by atoms with Crippen molar-refractivity contribution in [3.8, 4) is 16.9 Å². The Balaban J connectivity index is 0.000000203. The summed E-state index contributed by atoms with van der Waals surface area (Å²) in [5.41, 5.74) is 7.40. The number of hydrogen-bond donors (Lipinski definition) is 9. The number of rotatable bonds is 15. The number of phenols is 1. The summed E-state index contributed by atoms with van der Waals surface area (Å²) in [5, 5.41) is 85.7. The molecule has 3 aliphatic rings. The normalized spacial score (nSPS) is 21.4. The van der Waals surface area contributed by atoms with Crippen LogP contribution < -0.4 is 5.73 Å². The van der Waals surface area contributed by atoms with Crippen LogP contribution in [0.2, 0.25) is 5.02 Å². The largest absolute Gasteiger partial charge is 0.510 e. The van der Waals surface area contributed by atoms with Crippen LogP contribution in [-0.4, -0.2) is 154 Å². The van der Waals surface area contributed by atoms with Crippen molar-refractivity contribution >= 4 is 52.0 Å². The third kappa shape index (κ3) is 12.9. The van der Waals surface area contributed by atoms with Crippen LogP contribution in [0.3, 0.4) is 0 Å². The number of fused-ring (bicyclic) bond motifs is 4. The number of aromatic nitrogens is 2. The number of aliphatic hydroxyl groups is 6. The number of ketones is 2. The maximum atomic E-state index is 13.5. The summed E-state index contributed by atoms with van der Waals surface area (Å²) in [6.07, 6.45) is 2.04. The summed E-state index contributed by atoms with van der Waals surface area (Å²) >= 11 is 5.97. The quantitative estimate of drug-likeness (QED) is 0.0457. The number of pyridine rings is 1. The number of amides is 1. The van der Waals surface area contributed by atoms with Gasteiger partial charge in [-0.3, -0.25) is 29.1 Å². The number of benzene rings is 4. The van der Waals surface area contributed by atoms with Gasteiger partial charge in [0.05, 0.1) is 42.3 Å². The minimum Gasteiger partial charge on any atom is -0.510 e. The molecule has 0 saturated carbocycles. The fraction of sp³-hybridized carbons (Fsp3) is 0.339. The zero-order valence-electron chi connectivity index (χ0n) is 46.5.